The van der Waals surface area contributed by atoms with E-state index < -0.39 is 17.9 Å². The van der Waals surface area contributed by atoms with Crippen molar-refractivity contribution in [1.29, 1.82) is 5.26 Å². The van der Waals surface area contributed by atoms with E-state index in [0.29, 0.717) is 24.3 Å². The fraction of sp³-hybridized carbons (Fsp3) is 0.238. The minimum Gasteiger partial charge on any atom is -0.493 e. The molecule has 0 N–H and O–H groups in total. The highest BCUT2D eigenvalue weighted by molar-refractivity contribution is 5.90. The van der Waals surface area contributed by atoms with E-state index in [9.17, 15) is 14.4 Å². The van der Waals surface area contributed by atoms with Crippen LogP contribution in [0.1, 0.15) is 24.0 Å². The third kappa shape index (κ3) is 4.33. The van der Waals surface area contributed by atoms with Gasteiger partial charge in [0.1, 0.15) is 5.82 Å². The van der Waals surface area contributed by atoms with Crippen LogP contribution >= 0.6 is 0 Å². The zero-order valence-electron chi connectivity index (χ0n) is 14.8. The molecule has 6 heteroatoms. The first-order chi connectivity index (χ1) is 13.1. The number of benzene rings is 2. The minimum absolute atomic E-state index is 0.180. The number of rotatable bonds is 5. The normalized spacial score (nSPS) is 16.6. The molecule has 1 atom stereocenters. The molecule has 1 heterocycles. The van der Waals surface area contributed by atoms with Crippen LogP contribution in [0, 0.1) is 17.1 Å². The zero-order chi connectivity index (χ0) is 19.2. The van der Waals surface area contributed by atoms with Crippen molar-refractivity contribution in [2.24, 2.45) is 0 Å². The van der Waals surface area contributed by atoms with Crippen molar-refractivity contribution in [1.82, 2.24) is 0 Å². The van der Waals surface area contributed by atoms with Crippen LogP contribution in [-0.2, 0) is 9.53 Å². The van der Waals surface area contributed by atoms with Crippen molar-refractivity contribution < 1.29 is 23.4 Å². The van der Waals surface area contributed by atoms with Gasteiger partial charge < -0.3 is 14.2 Å². The van der Waals surface area contributed by atoms with Crippen LogP contribution in [0.4, 0.5) is 4.39 Å². The van der Waals surface area contributed by atoms with E-state index in [1.54, 1.807) is 42.5 Å². The van der Waals surface area contributed by atoms with E-state index in [0.717, 1.165) is 6.42 Å². The maximum Gasteiger partial charge on any atom is 0.340 e. The van der Waals surface area contributed by atoms with Crippen molar-refractivity contribution in [3.63, 3.8) is 0 Å². The van der Waals surface area contributed by atoms with Gasteiger partial charge in [0, 0.05) is 12.2 Å². The SMILES string of the molecule is COc1cc(/C=C(/C#N)c2ccccc2F)ccc1OC(=O)C1CCCO1. The van der Waals surface area contributed by atoms with E-state index in [-0.39, 0.29) is 16.9 Å². The second kappa shape index (κ2) is 8.47. The molecule has 2 aromatic rings. The van der Waals surface area contributed by atoms with Crippen LogP contribution in [-0.4, -0.2) is 25.8 Å². The summed E-state index contributed by atoms with van der Waals surface area (Å²) in [5.74, 6) is -0.335. The Labute approximate surface area is 156 Å². The van der Waals surface area contributed by atoms with Crippen LogP contribution in [0.5, 0.6) is 11.5 Å². The number of nitriles is 1. The lowest BCUT2D eigenvalue weighted by molar-refractivity contribution is -0.144. The molecule has 0 radical (unpaired) electrons. The van der Waals surface area contributed by atoms with Gasteiger partial charge in [0.05, 0.1) is 18.8 Å². The zero-order valence-corrected chi connectivity index (χ0v) is 14.8. The molecule has 138 valence electrons. The van der Waals surface area contributed by atoms with Gasteiger partial charge in [0.15, 0.2) is 17.6 Å². The van der Waals surface area contributed by atoms with Gasteiger partial charge in [-0.1, -0.05) is 24.3 Å². The van der Waals surface area contributed by atoms with E-state index in [1.165, 1.54) is 13.2 Å². The molecule has 27 heavy (non-hydrogen) atoms. The number of ether oxygens (including phenoxy) is 3. The van der Waals surface area contributed by atoms with Gasteiger partial charge in [-0.15, -0.1) is 0 Å². The van der Waals surface area contributed by atoms with Crippen LogP contribution in [0.2, 0.25) is 0 Å². The largest absolute Gasteiger partial charge is 0.493 e. The average molecular weight is 367 g/mol. The predicted octanol–water partition coefficient (Wildman–Crippen LogP) is 3.98. The van der Waals surface area contributed by atoms with Crippen LogP contribution in [0.3, 0.4) is 0 Å². The molecule has 3 rings (SSSR count). The number of hydrogen-bond donors (Lipinski definition) is 0. The molecule has 0 amide bonds. The first kappa shape index (κ1) is 18.6. The van der Waals surface area contributed by atoms with Crippen LogP contribution < -0.4 is 9.47 Å². The number of allylic oxidation sites excluding steroid dienone is 1. The number of hydrogen-bond acceptors (Lipinski definition) is 5. The first-order valence-corrected chi connectivity index (χ1v) is 8.50. The monoisotopic (exact) mass is 367 g/mol. The number of carbonyl (C=O) groups is 1. The van der Waals surface area contributed by atoms with Gasteiger partial charge in [0.2, 0.25) is 0 Å². The van der Waals surface area contributed by atoms with Crippen molar-refractivity contribution in [3.8, 4) is 17.6 Å². The predicted molar refractivity (Wildman–Crippen MR) is 97.5 cm³/mol. The van der Waals surface area contributed by atoms with Gasteiger partial charge in [-0.05, 0) is 42.7 Å². The summed E-state index contributed by atoms with van der Waals surface area (Å²) in [6.07, 6.45) is 2.46. The van der Waals surface area contributed by atoms with E-state index >= 15 is 0 Å². The second-order valence-corrected chi connectivity index (χ2v) is 5.98. The number of carbonyl (C=O) groups excluding carboxylic acids is 1. The lowest BCUT2D eigenvalue weighted by atomic mass is 10.0. The quantitative estimate of drug-likeness (QED) is 0.346. The molecule has 2 aromatic carbocycles. The fourth-order valence-corrected chi connectivity index (χ4v) is 2.81. The Kier molecular flexibility index (Phi) is 5.84. The van der Waals surface area contributed by atoms with E-state index in [1.807, 2.05) is 6.07 Å². The topological polar surface area (TPSA) is 68.5 Å². The highest BCUT2D eigenvalue weighted by Gasteiger charge is 2.26. The van der Waals surface area contributed by atoms with Gasteiger partial charge in [0.25, 0.3) is 0 Å². The fourth-order valence-electron chi connectivity index (χ4n) is 2.81. The molecule has 5 nitrogen and oxygen atoms in total. The molecule has 1 aliphatic heterocycles. The maximum atomic E-state index is 13.9. The second-order valence-electron chi connectivity index (χ2n) is 5.98. The Bertz CT molecular complexity index is 911. The highest BCUT2D eigenvalue weighted by Crippen LogP contribution is 2.31. The summed E-state index contributed by atoms with van der Waals surface area (Å²) in [4.78, 5) is 12.1. The smallest absolute Gasteiger partial charge is 0.340 e. The molecule has 1 unspecified atom stereocenters. The molecule has 1 aliphatic rings. The van der Waals surface area contributed by atoms with Crippen molar-refractivity contribution in [2.75, 3.05) is 13.7 Å². The maximum absolute atomic E-state index is 13.9. The van der Waals surface area contributed by atoms with Crippen molar-refractivity contribution in [3.05, 3.63) is 59.4 Å². The summed E-state index contributed by atoms with van der Waals surface area (Å²) in [5, 5.41) is 9.39. The molecule has 1 saturated heterocycles. The number of nitrogens with zero attached hydrogens (tertiary/aromatic N) is 1. The molecular weight excluding hydrogens is 349 g/mol. The third-order valence-corrected chi connectivity index (χ3v) is 4.19. The number of halogens is 1. The van der Waals surface area contributed by atoms with E-state index in [4.69, 9.17) is 14.2 Å². The van der Waals surface area contributed by atoms with Crippen LogP contribution in [0.15, 0.2) is 42.5 Å². The Hall–Kier alpha value is -3.17. The first-order valence-electron chi connectivity index (χ1n) is 8.50. The van der Waals surface area contributed by atoms with Gasteiger partial charge in [-0.3, -0.25) is 0 Å². The Morgan fingerprint density at radius 3 is 2.78 bits per heavy atom. The average Bonchev–Trinajstić information content (AvgIpc) is 3.22. The summed E-state index contributed by atoms with van der Waals surface area (Å²) >= 11 is 0. The van der Waals surface area contributed by atoms with E-state index in [2.05, 4.69) is 0 Å². The number of esters is 1. The Balaban J connectivity index is 1.86. The van der Waals surface area contributed by atoms with Crippen LogP contribution in [0.25, 0.3) is 11.6 Å². The lowest BCUT2D eigenvalue weighted by Crippen LogP contribution is -2.24. The molecule has 0 aromatic heterocycles. The third-order valence-electron chi connectivity index (χ3n) is 4.19. The Morgan fingerprint density at radius 2 is 2.11 bits per heavy atom. The molecule has 1 fully saturated rings. The lowest BCUT2D eigenvalue weighted by Gasteiger charge is -2.13. The summed E-state index contributed by atoms with van der Waals surface area (Å²) in [6.45, 7) is 0.549. The number of methoxy groups -OCH3 is 1. The van der Waals surface area contributed by atoms with Gasteiger partial charge in [-0.2, -0.15) is 5.26 Å². The standard InChI is InChI=1S/C21H18FNO4/c1-25-20-12-14(11-15(13-23)16-5-2-3-6-17(16)22)8-9-18(20)27-21(24)19-7-4-10-26-19/h2-3,5-6,8-9,11-12,19H,4,7,10H2,1H3/b15-11-. The van der Waals surface area contributed by atoms with Gasteiger partial charge >= 0.3 is 5.97 Å². The molecular formula is C21H18FNO4. The van der Waals surface area contributed by atoms with Crippen molar-refractivity contribution >= 4 is 17.6 Å². The molecule has 0 aliphatic carbocycles. The summed E-state index contributed by atoms with van der Waals surface area (Å²) in [7, 11) is 1.45. The molecule has 0 spiro atoms. The molecule has 0 bridgehead atoms. The molecule has 0 saturated carbocycles. The highest BCUT2D eigenvalue weighted by atomic mass is 19.1. The summed E-state index contributed by atoms with van der Waals surface area (Å²) < 4.78 is 29.9. The summed E-state index contributed by atoms with van der Waals surface area (Å²) in [5.41, 5.74) is 1.01. The summed E-state index contributed by atoms with van der Waals surface area (Å²) in [6, 6.07) is 12.9. The minimum atomic E-state index is -0.555. The van der Waals surface area contributed by atoms with Gasteiger partial charge in [-0.25, -0.2) is 9.18 Å². The van der Waals surface area contributed by atoms with Crippen molar-refractivity contribution in [2.45, 2.75) is 18.9 Å². The Morgan fingerprint density at radius 1 is 1.30 bits per heavy atom.